The second kappa shape index (κ2) is 7.90. The van der Waals surface area contributed by atoms with Gasteiger partial charge in [-0.05, 0) is 69.4 Å². The molecule has 4 rings (SSSR count). The van der Waals surface area contributed by atoms with E-state index in [0.29, 0.717) is 29.7 Å². The van der Waals surface area contributed by atoms with E-state index >= 15 is 0 Å². The molecule has 0 N–H and O–H groups in total. The molecule has 1 amide bonds. The highest BCUT2D eigenvalue weighted by atomic mass is 16.5. The molecule has 0 bridgehead atoms. The van der Waals surface area contributed by atoms with Crippen molar-refractivity contribution in [1.29, 1.82) is 0 Å². The van der Waals surface area contributed by atoms with E-state index in [1.54, 1.807) is 12.4 Å². The number of hydrogen-bond acceptors (Lipinski definition) is 5. The molecule has 0 saturated heterocycles. The number of ketones is 1. The number of aromatic nitrogens is 1. The van der Waals surface area contributed by atoms with Gasteiger partial charge in [-0.1, -0.05) is 13.8 Å². The Balaban J connectivity index is 1.69. The Morgan fingerprint density at radius 3 is 2.52 bits per heavy atom. The van der Waals surface area contributed by atoms with E-state index in [-0.39, 0.29) is 29.8 Å². The number of hydrogen-bond donors (Lipinski definition) is 0. The van der Waals surface area contributed by atoms with Crippen LogP contribution < -0.4 is 0 Å². The zero-order valence-electron chi connectivity index (χ0n) is 17.8. The Morgan fingerprint density at radius 1 is 1.14 bits per heavy atom. The first kappa shape index (κ1) is 20.1. The fraction of sp³-hybridized carbons (Fsp3) is 0.609. The lowest BCUT2D eigenvalue weighted by atomic mass is 9.70. The number of amides is 1. The van der Waals surface area contributed by atoms with Crippen LogP contribution in [0.2, 0.25) is 0 Å². The number of ether oxygens (including phenoxy) is 1. The van der Waals surface area contributed by atoms with Crippen molar-refractivity contribution in [3.63, 3.8) is 0 Å². The molecular weight excluding hydrogens is 366 g/mol. The van der Waals surface area contributed by atoms with E-state index in [9.17, 15) is 9.59 Å². The van der Waals surface area contributed by atoms with Crippen molar-refractivity contribution in [2.75, 3.05) is 27.2 Å². The number of fused-ring (bicyclic) bond motifs is 1. The lowest BCUT2D eigenvalue weighted by molar-refractivity contribution is -0.137. The minimum Gasteiger partial charge on any atom is -0.483 e. The third-order valence-corrected chi connectivity index (χ3v) is 6.83. The normalized spacial score (nSPS) is 31.8. The van der Waals surface area contributed by atoms with Gasteiger partial charge in [0.25, 0.3) is 5.91 Å². The summed E-state index contributed by atoms with van der Waals surface area (Å²) >= 11 is 0. The third-order valence-electron chi connectivity index (χ3n) is 6.83. The van der Waals surface area contributed by atoms with E-state index in [4.69, 9.17) is 4.74 Å². The average Bonchev–Trinajstić information content (AvgIpc) is 2.97. The van der Waals surface area contributed by atoms with E-state index < -0.39 is 0 Å². The average molecular weight is 398 g/mol. The lowest BCUT2D eigenvalue weighted by Gasteiger charge is -2.40. The summed E-state index contributed by atoms with van der Waals surface area (Å²) in [5.74, 6) is 1.11. The molecule has 0 radical (unpaired) electrons. The predicted octanol–water partition coefficient (Wildman–Crippen LogP) is 2.82. The van der Waals surface area contributed by atoms with Crippen molar-refractivity contribution in [2.45, 2.75) is 45.3 Å². The first-order valence-corrected chi connectivity index (χ1v) is 10.7. The largest absolute Gasteiger partial charge is 0.483 e. The monoisotopic (exact) mass is 397 g/mol. The molecule has 1 aliphatic carbocycles. The Morgan fingerprint density at radius 2 is 1.83 bits per heavy atom. The number of carbonyl (C=O) groups is 2. The molecule has 6 heteroatoms. The minimum atomic E-state index is -0.370. The summed E-state index contributed by atoms with van der Waals surface area (Å²) in [5.41, 5.74) is 1.49. The predicted molar refractivity (Wildman–Crippen MR) is 110 cm³/mol. The second-order valence-corrected chi connectivity index (χ2v) is 9.13. The standard InChI is InChI=1S/C23H31N3O3/c1-14-12-17-18(13-15(14)2)29-22-19(21(17)27)20(16-6-8-24-9-7-16)26(23(22)28)11-5-10-25(3)4/h6-9,14-15,17-18,20H,5,10-13H2,1-4H3. The van der Waals surface area contributed by atoms with Crippen LogP contribution in [0.3, 0.4) is 0 Å². The van der Waals surface area contributed by atoms with Crippen LogP contribution in [0.15, 0.2) is 35.9 Å². The van der Waals surface area contributed by atoms with Crippen molar-refractivity contribution in [3.8, 4) is 0 Å². The van der Waals surface area contributed by atoms with Gasteiger partial charge in [-0.3, -0.25) is 14.6 Å². The molecule has 5 atom stereocenters. The molecule has 156 valence electrons. The first-order chi connectivity index (χ1) is 13.9. The number of nitrogens with zero attached hydrogens (tertiary/aromatic N) is 3. The molecule has 3 aliphatic rings. The summed E-state index contributed by atoms with van der Waals surface area (Å²) in [5, 5.41) is 0. The van der Waals surface area contributed by atoms with Gasteiger partial charge in [-0.2, -0.15) is 0 Å². The Kier molecular flexibility index (Phi) is 5.47. The zero-order valence-corrected chi connectivity index (χ0v) is 17.8. The lowest BCUT2D eigenvalue weighted by Crippen LogP contribution is -2.43. The van der Waals surface area contributed by atoms with Crippen molar-refractivity contribution in [1.82, 2.24) is 14.8 Å². The van der Waals surface area contributed by atoms with Crippen molar-refractivity contribution >= 4 is 11.7 Å². The van der Waals surface area contributed by atoms with Gasteiger partial charge in [0, 0.05) is 18.9 Å². The summed E-state index contributed by atoms with van der Waals surface area (Å²) in [7, 11) is 4.05. The van der Waals surface area contributed by atoms with Crippen LogP contribution in [0, 0.1) is 17.8 Å². The van der Waals surface area contributed by atoms with E-state index in [2.05, 4.69) is 23.7 Å². The molecule has 0 spiro atoms. The maximum atomic E-state index is 13.6. The molecule has 5 unspecified atom stereocenters. The van der Waals surface area contributed by atoms with E-state index in [1.165, 1.54) is 0 Å². The highest BCUT2D eigenvalue weighted by molar-refractivity contribution is 6.11. The zero-order chi connectivity index (χ0) is 20.7. The van der Waals surface area contributed by atoms with Crippen molar-refractivity contribution < 1.29 is 14.3 Å². The molecule has 1 aromatic heterocycles. The van der Waals surface area contributed by atoms with Gasteiger partial charge in [0.15, 0.2) is 11.5 Å². The van der Waals surface area contributed by atoms with E-state index in [1.807, 2.05) is 31.1 Å². The minimum absolute atomic E-state index is 0.111. The number of Topliss-reactive ketones (excluding diaryl/α,β-unsaturated/α-hetero) is 1. The van der Waals surface area contributed by atoms with Crippen molar-refractivity contribution in [2.24, 2.45) is 17.8 Å². The molecule has 2 aliphatic heterocycles. The van der Waals surface area contributed by atoms with Crippen LogP contribution in [0.5, 0.6) is 0 Å². The van der Waals surface area contributed by atoms with Crippen LogP contribution >= 0.6 is 0 Å². The van der Waals surface area contributed by atoms with Crippen LogP contribution in [-0.2, 0) is 14.3 Å². The highest BCUT2D eigenvalue weighted by Gasteiger charge is 2.53. The third kappa shape index (κ3) is 3.59. The highest BCUT2D eigenvalue weighted by Crippen LogP contribution is 2.48. The fourth-order valence-electron chi connectivity index (χ4n) is 4.99. The smallest absolute Gasteiger partial charge is 0.290 e. The fourth-order valence-corrected chi connectivity index (χ4v) is 4.99. The number of pyridine rings is 1. The summed E-state index contributed by atoms with van der Waals surface area (Å²) in [6.07, 6.45) is 5.78. The Hall–Kier alpha value is -2.21. The molecule has 1 fully saturated rings. The molecule has 1 saturated carbocycles. The maximum Gasteiger partial charge on any atom is 0.290 e. The second-order valence-electron chi connectivity index (χ2n) is 9.13. The van der Waals surface area contributed by atoms with Gasteiger partial charge in [-0.15, -0.1) is 0 Å². The molecule has 0 aromatic carbocycles. The van der Waals surface area contributed by atoms with Crippen LogP contribution in [0.4, 0.5) is 0 Å². The van der Waals surface area contributed by atoms with Gasteiger partial charge in [0.1, 0.15) is 6.10 Å². The van der Waals surface area contributed by atoms with Gasteiger partial charge < -0.3 is 14.5 Å². The molecule has 6 nitrogen and oxygen atoms in total. The molecule has 3 heterocycles. The summed E-state index contributed by atoms with van der Waals surface area (Å²) < 4.78 is 6.27. The summed E-state index contributed by atoms with van der Waals surface area (Å²) in [6, 6.07) is 3.43. The van der Waals surface area contributed by atoms with Gasteiger partial charge in [-0.25, -0.2) is 0 Å². The van der Waals surface area contributed by atoms with Gasteiger partial charge >= 0.3 is 0 Å². The molecule has 29 heavy (non-hydrogen) atoms. The van der Waals surface area contributed by atoms with E-state index in [0.717, 1.165) is 31.4 Å². The topological polar surface area (TPSA) is 62.7 Å². The number of carbonyl (C=O) groups excluding carboxylic acids is 2. The van der Waals surface area contributed by atoms with Crippen LogP contribution in [0.25, 0.3) is 0 Å². The van der Waals surface area contributed by atoms with Gasteiger partial charge in [0.05, 0.1) is 17.5 Å². The molecule has 1 aromatic rings. The molecular formula is C23H31N3O3. The maximum absolute atomic E-state index is 13.6. The SMILES string of the molecule is CC1CC2OC3=C(C(=O)C2CC1C)C(c1ccncc1)N(CCCN(C)C)C3=O. The van der Waals surface area contributed by atoms with Crippen molar-refractivity contribution in [3.05, 3.63) is 41.4 Å². The summed E-state index contributed by atoms with van der Waals surface area (Å²) in [4.78, 5) is 35.0. The van der Waals surface area contributed by atoms with Crippen LogP contribution in [0.1, 0.15) is 44.7 Å². The van der Waals surface area contributed by atoms with Crippen LogP contribution in [-0.4, -0.2) is 59.8 Å². The Labute approximate surface area is 172 Å². The number of rotatable bonds is 5. The van der Waals surface area contributed by atoms with Gasteiger partial charge in [0.2, 0.25) is 0 Å². The Bertz CT molecular complexity index is 820. The quantitative estimate of drug-likeness (QED) is 0.765. The summed E-state index contributed by atoms with van der Waals surface area (Å²) in [6.45, 7) is 5.90. The first-order valence-electron chi connectivity index (χ1n) is 10.7.